The Morgan fingerprint density at radius 2 is 1.70 bits per heavy atom. The molecule has 8 heteroatoms. The minimum absolute atomic E-state index is 0.140. The molecule has 33 heavy (non-hydrogen) atoms. The molecule has 2 aromatic heterocycles. The van der Waals surface area contributed by atoms with Crippen LogP contribution < -0.4 is 15.0 Å². The number of rotatable bonds is 8. The molecule has 0 aliphatic carbocycles. The van der Waals surface area contributed by atoms with Crippen LogP contribution in [0.4, 0.5) is 0 Å². The van der Waals surface area contributed by atoms with Gasteiger partial charge in [-0.2, -0.15) is 0 Å². The van der Waals surface area contributed by atoms with Gasteiger partial charge in [-0.15, -0.1) is 0 Å². The van der Waals surface area contributed by atoms with Crippen LogP contribution in [0, 0.1) is 12.3 Å². The summed E-state index contributed by atoms with van der Waals surface area (Å²) in [5.74, 6) is 1.98. The molecule has 0 aliphatic heterocycles. The number of aryl methyl sites for hydroxylation is 1. The molecule has 0 radical (unpaired) electrons. The number of hydrogen-bond donors (Lipinski definition) is 2. The van der Waals surface area contributed by atoms with Gasteiger partial charge in [0.2, 0.25) is 0 Å². The average molecular weight is 448 g/mol. The first-order valence-corrected chi connectivity index (χ1v) is 10.7. The summed E-state index contributed by atoms with van der Waals surface area (Å²) in [6.45, 7) is 6.97. The maximum absolute atomic E-state index is 8.26. The Balaban J connectivity index is 1.63. The van der Waals surface area contributed by atoms with E-state index < -0.39 is 5.60 Å². The molecule has 0 amide bonds. The smallest absolute Gasteiger partial charge is 0.173 e. The number of imidazole rings is 1. The van der Waals surface area contributed by atoms with Gasteiger partial charge in [0.15, 0.2) is 22.6 Å². The first-order chi connectivity index (χ1) is 15.8. The molecule has 0 fully saturated rings. The fraction of sp³-hybridized carbons (Fsp3) is 0.320. The van der Waals surface area contributed by atoms with E-state index in [1.54, 1.807) is 20.5 Å². The first kappa shape index (κ1) is 22.5. The van der Waals surface area contributed by atoms with E-state index >= 15 is 0 Å². The van der Waals surface area contributed by atoms with Crippen LogP contribution in [-0.4, -0.2) is 33.7 Å². The van der Waals surface area contributed by atoms with Crippen molar-refractivity contribution < 1.29 is 14.2 Å². The van der Waals surface area contributed by atoms with Crippen LogP contribution in [0.2, 0.25) is 0 Å². The minimum Gasteiger partial charge on any atom is -0.493 e. The second kappa shape index (κ2) is 9.07. The van der Waals surface area contributed by atoms with E-state index in [1.165, 1.54) is 5.56 Å². The van der Waals surface area contributed by atoms with E-state index in [0.717, 1.165) is 11.1 Å². The number of nitrogens with one attached hydrogen (secondary N) is 2. The summed E-state index contributed by atoms with van der Waals surface area (Å²) < 4.78 is 18.9. The highest BCUT2D eigenvalue weighted by Gasteiger charge is 2.26. The number of nitrogens with zero attached hydrogens (tertiary/aromatic N) is 3. The lowest BCUT2D eigenvalue weighted by Crippen LogP contribution is -2.23. The van der Waals surface area contributed by atoms with Gasteiger partial charge in [0.25, 0.3) is 0 Å². The monoisotopic (exact) mass is 447 g/mol. The van der Waals surface area contributed by atoms with Crippen molar-refractivity contribution in [3.63, 3.8) is 0 Å². The quantitative estimate of drug-likeness (QED) is 0.424. The Labute approximate surface area is 192 Å². The molecule has 0 aliphatic rings. The van der Waals surface area contributed by atoms with Crippen LogP contribution in [0.25, 0.3) is 11.2 Å². The van der Waals surface area contributed by atoms with Crippen LogP contribution in [0.1, 0.15) is 36.4 Å². The van der Waals surface area contributed by atoms with Gasteiger partial charge in [0.1, 0.15) is 16.9 Å². The molecule has 4 rings (SSSR count). The molecule has 0 unspecified atom stereocenters. The van der Waals surface area contributed by atoms with Gasteiger partial charge >= 0.3 is 0 Å². The van der Waals surface area contributed by atoms with Crippen LogP contribution in [0.15, 0.2) is 48.8 Å². The molecule has 0 spiro atoms. The van der Waals surface area contributed by atoms with E-state index in [-0.39, 0.29) is 5.49 Å². The van der Waals surface area contributed by atoms with E-state index in [4.69, 9.17) is 24.6 Å². The molecule has 0 atom stereocenters. The van der Waals surface area contributed by atoms with Crippen LogP contribution in [-0.2, 0) is 23.5 Å². The second-order valence-corrected chi connectivity index (χ2v) is 8.48. The molecular formula is C25H29N5O3. The lowest BCUT2D eigenvalue weighted by Gasteiger charge is -2.23. The average Bonchev–Trinajstić information content (AvgIpc) is 3.28. The van der Waals surface area contributed by atoms with Gasteiger partial charge in [-0.1, -0.05) is 35.9 Å². The Kier molecular flexibility index (Phi) is 6.20. The van der Waals surface area contributed by atoms with Crippen molar-refractivity contribution in [2.75, 3.05) is 14.2 Å². The molecule has 2 aromatic carbocycles. The Hall–Kier alpha value is -3.65. The lowest BCUT2D eigenvalue weighted by molar-refractivity contribution is -0.0393. The summed E-state index contributed by atoms with van der Waals surface area (Å²) in [4.78, 5) is 12.3. The van der Waals surface area contributed by atoms with Crippen LogP contribution >= 0.6 is 0 Å². The summed E-state index contributed by atoms with van der Waals surface area (Å²) in [5, 5.41) is 8.26. The van der Waals surface area contributed by atoms with Crippen molar-refractivity contribution in [1.29, 1.82) is 5.41 Å². The topological polar surface area (TPSA) is 98.0 Å². The molecule has 172 valence electrons. The van der Waals surface area contributed by atoms with E-state index in [1.807, 2.05) is 36.6 Å². The fourth-order valence-corrected chi connectivity index (χ4v) is 3.58. The predicted octanol–water partition coefficient (Wildman–Crippen LogP) is 4.06. The van der Waals surface area contributed by atoms with E-state index in [0.29, 0.717) is 41.6 Å². The number of aromatic amines is 1. The number of hydrogen-bond acceptors (Lipinski definition) is 6. The highest BCUT2D eigenvalue weighted by atomic mass is 16.5. The standard InChI is InChI=1S/C25H29N5O3/c1-16-6-8-17(9-7-16)14-33-25(2,3)24-28-21-22(26)27-15-30(23(21)29-24)13-18-10-11-19(31-4)20(12-18)32-5/h6-12,15,26H,13-14H2,1-5H3,(H,28,29). The van der Waals surface area contributed by atoms with Crippen LogP contribution in [0.5, 0.6) is 11.5 Å². The van der Waals surface area contributed by atoms with Crippen molar-refractivity contribution in [1.82, 2.24) is 19.5 Å². The summed E-state index contributed by atoms with van der Waals surface area (Å²) in [6.07, 6.45) is 1.63. The molecule has 2 N–H and O–H groups in total. The SMILES string of the molecule is COc1ccc(Cn2cnc(=N)c3[nH]c(C(C)(C)OCc4ccc(C)cc4)nc32)cc1OC. The summed E-state index contributed by atoms with van der Waals surface area (Å²) >= 11 is 0. The van der Waals surface area contributed by atoms with Gasteiger partial charge in [0.05, 0.1) is 33.7 Å². The molecule has 4 aromatic rings. The Morgan fingerprint density at radius 3 is 2.39 bits per heavy atom. The third-order valence-electron chi connectivity index (χ3n) is 5.61. The lowest BCUT2D eigenvalue weighted by atomic mass is 10.1. The summed E-state index contributed by atoms with van der Waals surface area (Å²) in [7, 11) is 3.22. The summed E-state index contributed by atoms with van der Waals surface area (Å²) in [5.41, 5.74) is 3.98. The van der Waals surface area contributed by atoms with Crippen molar-refractivity contribution in [2.24, 2.45) is 0 Å². The zero-order valence-corrected chi connectivity index (χ0v) is 19.6. The minimum atomic E-state index is -0.683. The van der Waals surface area contributed by atoms with Gasteiger partial charge in [0, 0.05) is 0 Å². The number of ether oxygens (including phenoxy) is 3. The van der Waals surface area contributed by atoms with Crippen molar-refractivity contribution >= 4 is 11.2 Å². The number of methoxy groups -OCH3 is 2. The van der Waals surface area contributed by atoms with Gasteiger partial charge < -0.3 is 23.8 Å². The summed E-state index contributed by atoms with van der Waals surface area (Å²) in [6, 6.07) is 14.0. The van der Waals surface area contributed by atoms with Crippen LogP contribution in [0.3, 0.4) is 0 Å². The van der Waals surface area contributed by atoms with Gasteiger partial charge in [-0.3, -0.25) is 5.41 Å². The van der Waals surface area contributed by atoms with Crippen molar-refractivity contribution in [3.05, 3.63) is 76.8 Å². The predicted molar refractivity (Wildman–Crippen MR) is 125 cm³/mol. The molecule has 0 saturated heterocycles. The highest BCUT2D eigenvalue weighted by molar-refractivity contribution is 5.69. The third kappa shape index (κ3) is 4.75. The second-order valence-electron chi connectivity index (χ2n) is 8.48. The van der Waals surface area contributed by atoms with E-state index in [9.17, 15) is 0 Å². The number of fused-ring (bicyclic) bond motifs is 1. The van der Waals surface area contributed by atoms with Gasteiger partial charge in [-0.05, 0) is 44.0 Å². The molecule has 2 heterocycles. The van der Waals surface area contributed by atoms with Gasteiger partial charge in [-0.25, -0.2) is 9.97 Å². The Bertz CT molecular complexity index is 1320. The first-order valence-electron chi connectivity index (χ1n) is 10.7. The normalized spacial score (nSPS) is 11.7. The maximum atomic E-state index is 8.26. The number of benzene rings is 2. The molecular weight excluding hydrogens is 418 g/mol. The van der Waals surface area contributed by atoms with Crippen molar-refractivity contribution in [3.8, 4) is 11.5 Å². The zero-order valence-electron chi connectivity index (χ0n) is 19.6. The molecule has 8 nitrogen and oxygen atoms in total. The molecule has 0 saturated carbocycles. The van der Waals surface area contributed by atoms with E-state index in [2.05, 4.69) is 41.2 Å². The zero-order chi connectivity index (χ0) is 23.6. The maximum Gasteiger partial charge on any atom is 0.173 e. The highest BCUT2D eigenvalue weighted by Crippen LogP contribution is 2.29. The van der Waals surface area contributed by atoms with Crippen molar-refractivity contribution in [2.45, 2.75) is 39.5 Å². The number of H-pyrrole nitrogens is 1. The number of aromatic nitrogens is 4. The fourth-order valence-electron chi connectivity index (χ4n) is 3.58. The molecule has 0 bridgehead atoms. The Morgan fingerprint density at radius 1 is 1.00 bits per heavy atom. The third-order valence-corrected chi connectivity index (χ3v) is 5.61. The largest absolute Gasteiger partial charge is 0.493 e.